The fourth-order valence-corrected chi connectivity index (χ4v) is 2.43. The van der Waals surface area contributed by atoms with E-state index in [1.165, 1.54) is 0 Å². The number of hydrogen-bond acceptors (Lipinski definition) is 5. The standard InChI is InChI=1S/C13H17F3N2O5/c1-6(2)22-8-3-10(23-9(8)5-19)18-4-7(13(14,15)16)11(20)17-12(18)21/h4,6,8-10,19H,3,5H2,1-2H3,(H,17,20,21)/t8-,9+,10?/m0/s1. The highest BCUT2D eigenvalue weighted by Gasteiger charge is 2.40. The first-order chi connectivity index (χ1) is 10.6. The van der Waals surface area contributed by atoms with Crippen LogP contribution in [0.5, 0.6) is 0 Å². The van der Waals surface area contributed by atoms with Crippen LogP contribution in [-0.4, -0.2) is 39.6 Å². The number of nitrogens with zero attached hydrogens (tertiary/aromatic N) is 1. The molecule has 2 rings (SSSR count). The highest BCUT2D eigenvalue weighted by molar-refractivity contribution is 5.09. The number of hydrogen-bond donors (Lipinski definition) is 2. The van der Waals surface area contributed by atoms with Gasteiger partial charge in [0.2, 0.25) is 0 Å². The largest absolute Gasteiger partial charge is 0.423 e. The minimum Gasteiger partial charge on any atom is -0.394 e. The Labute approximate surface area is 128 Å². The van der Waals surface area contributed by atoms with Crippen molar-refractivity contribution in [2.24, 2.45) is 0 Å². The Kier molecular flexibility index (Phi) is 4.97. The van der Waals surface area contributed by atoms with Gasteiger partial charge < -0.3 is 14.6 Å². The van der Waals surface area contributed by atoms with E-state index in [0.717, 1.165) is 0 Å². The van der Waals surface area contributed by atoms with E-state index < -0.39 is 48.0 Å². The molecule has 1 aromatic rings. The second kappa shape index (κ2) is 6.46. The molecule has 0 amide bonds. The van der Waals surface area contributed by atoms with Crippen LogP contribution in [-0.2, 0) is 15.7 Å². The van der Waals surface area contributed by atoms with Crippen molar-refractivity contribution >= 4 is 0 Å². The number of aliphatic hydroxyl groups excluding tert-OH is 1. The first-order valence-electron chi connectivity index (χ1n) is 6.98. The summed E-state index contributed by atoms with van der Waals surface area (Å²) < 4.78 is 50.0. The first kappa shape index (κ1) is 17.7. The molecule has 0 radical (unpaired) electrons. The summed E-state index contributed by atoms with van der Waals surface area (Å²) in [5.74, 6) is 0. The molecule has 0 aromatic carbocycles. The molecule has 0 aliphatic carbocycles. The Morgan fingerprint density at radius 1 is 1.48 bits per heavy atom. The van der Waals surface area contributed by atoms with Crippen LogP contribution in [0.4, 0.5) is 13.2 Å². The Hall–Kier alpha value is -1.65. The number of rotatable bonds is 4. The lowest BCUT2D eigenvalue weighted by molar-refractivity contribution is -0.139. The average Bonchev–Trinajstić information content (AvgIpc) is 2.79. The Bertz CT molecular complexity index is 667. The third-order valence-corrected chi connectivity index (χ3v) is 3.39. The molecule has 2 N–H and O–H groups in total. The van der Waals surface area contributed by atoms with Crippen LogP contribution in [0.15, 0.2) is 15.8 Å². The number of nitrogens with one attached hydrogen (secondary N) is 1. The average molecular weight is 338 g/mol. The third kappa shape index (κ3) is 3.82. The molecule has 2 heterocycles. The minimum atomic E-state index is -4.90. The van der Waals surface area contributed by atoms with Crippen molar-refractivity contribution in [3.05, 3.63) is 32.6 Å². The van der Waals surface area contributed by atoms with Crippen LogP contribution >= 0.6 is 0 Å². The molecule has 1 aliphatic rings. The zero-order valence-corrected chi connectivity index (χ0v) is 12.5. The topological polar surface area (TPSA) is 93.6 Å². The Balaban J connectivity index is 2.36. The highest BCUT2D eigenvalue weighted by atomic mass is 19.4. The maximum Gasteiger partial charge on any atom is 0.423 e. The summed E-state index contributed by atoms with van der Waals surface area (Å²) in [5.41, 5.74) is -4.02. The molecule has 23 heavy (non-hydrogen) atoms. The van der Waals surface area contributed by atoms with E-state index in [9.17, 15) is 27.9 Å². The van der Waals surface area contributed by atoms with Gasteiger partial charge in [0.05, 0.1) is 18.8 Å². The van der Waals surface area contributed by atoms with Crippen molar-refractivity contribution in [2.45, 2.75) is 51.0 Å². The quantitative estimate of drug-likeness (QED) is 0.840. The number of halogens is 3. The van der Waals surface area contributed by atoms with Gasteiger partial charge in [0, 0.05) is 12.6 Å². The number of alkyl halides is 3. The van der Waals surface area contributed by atoms with Gasteiger partial charge in [-0.1, -0.05) is 0 Å². The lowest BCUT2D eigenvalue weighted by Crippen LogP contribution is -2.36. The molecule has 0 bridgehead atoms. The molecular formula is C13H17F3N2O5. The number of ether oxygens (including phenoxy) is 2. The summed E-state index contributed by atoms with van der Waals surface area (Å²) >= 11 is 0. The molecule has 1 aliphatic heterocycles. The summed E-state index contributed by atoms with van der Waals surface area (Å²) in [5, 5.41) is 9.28. The lowest BCUT2D eigenvalue weighted by Gasteiger charge is -2.18. The lowest BCUT2D eigenvalue weighted by atomic mass is 10.2. The van der Waals surface area contributed by atoms with Gasteiger partial charge in [-0.3, -0.25) is 14.3 Å². The van der Waals surface area contributed by atoms with E-state index in [0.29, 0.717) is 10.8 Å². The molecule has 1 saturated heterocycles. The van der Waals surface area contributed by atoms with Crippen LogP contribution in [0.1, 0.15) is 32.1 Å². The molecular weight excluding hydrogens is 321 g/mol. The van der Waals surface area contributed by atoms with Crippen molar-refractivity contribution in [1.82, 2.24) is 9.55 Å². The van der Waals surface area contributed by atoms with Crippen molar-refractivity contribution in [3.63, 3.8) is 0 Å². The number of aromatic nitrogens is 2. The molecule has 0 saturated carbocycles. The maximum atomic E-state index is 12.8. The van der Waals surface area contributed by atoms with Crippen LogP contribution in [0.25, 0.3) is 0 Å². The van der Waals surface area contributed by atoms with E-state index in [4.69, 9.17) is 9.47 Å². The predicted octanol–water partition coefficient (Wildman–Crippen LogP) is 0.629. The van der Waals surface area contributed by atoms with Gasteiger partial charge in [-0.15, -0.1) is 0 Å². The maximum absolute atomic E-state index is 12.8. The number of aliphatic hydroxyl groups is 1. The molecule has 10 heteroatoms. The first-order valence-corrected chi connectivity index (χ1v) is 6.98. The van der Waals surface area contributed by atoms with E-state index in [1.807, 2.05) is 0 Å². The van der Waals surface area contributed by atoms with Crippen molar-refractivity contribution in [2.75, 3.05) is 6.61 Å². The summed E-state index contributed by atoms with van der Waals surface area (Å²) in [7, 11) is 0. The second-order valence-corrected chi connectivity index (χ2v) is 5.48. The van der Waals surface area contributed by atoms with Gasteiger partial charge in [-0.2, -0.15) is 13.2 Å². The van der Waals surface area contributed by atoms with Gasteiger partial charge in [-0.25, -0.2) is 4.79 Å². The van der Waals surface area contributed by atoms with Crippen molar-refractivity contribution < 1.29 is 27.8 Å². The number of aromatic amines is 1. The van der Waals surface area contributed by atoms with Crippen LogP contribution in [0, 0.1) is 0 Å². The smallest absolute Gasteiger partial charge is 0.394 e. The van der Waals surface area contributed by atoms with Gasteiger partial charge in [-0.05, 0) is 13.8 Å². The summed E-state index contributed by atoms with van der Waals surface area (Å²) in [6, 6.07) is 0. The fraction of sp³-hybridized carbons (Fsp3) is 0.692. The van der Waals surface area contributed by atoms with Gasteiger partial charge in [0.1, 0.15) is 17.9 Å². The van der Waals surface area contributed by atoms with E-state index in [-0.39, 0.29) is 12.5 Å². The monoisotopic (exact) mass is 338 g/mol. The molecule has 1 aromatic heterocycles. The van der Waals surface area contributed by atoms with Crippen molar-refractivity contribution in [3.8, 4) is 0 Å². The van der Waals surface area contributed by atoms with Crippen LogP contribution in [0.2, 0.25) is 0 Å². The van der Waals surface area contributed by atoms with E-state index in [1.54, 1.807) is 18.8 Å². The van der Waals surface area contributed by atoms with Crippen LogP contribution in [0.3, 0.4) is 0 Å². The number of H-pyrrole nitrogens is 1. The SMILES string of the molecule is CC(C)O[C@H]1CC(n2cc(C(F)(F)F)c(=O)[nH]c2=O)O[C@@H]1CO. The third-order valence-electron chi connectivity index (χ3n) is 3.39. The van der Waals surface area contributed by atoms with E-state index >= 15 is 0 Å². The molecule has 7 nitrogen and oxygen atoms in total. The van der Waals surface area contributed by atoms with Gasteiger partial charge in [0.25, 0.3) is 5.56 Å². The zero-order chi connectivity index (χ0) is 17.4. The zero-order valence-electron chi connectivity index (χ0n) is 12.5. The Morgan fingerprint density at radius 2 is 2.13 bits per heavy atom. The second-order valence-electron chi connectivity index (χ2n) is 5.48. The van der Waals surface area contributed by atoms with Gasteiger partial charge >= 0.3 is 11.9 Å². The van der Waals surface area contributed by atoms with Crippen molar-refractivity contribution in [1.29, 1.82) is 0 Å². The fourth-order valence-electron chi connectivity index (χ4n) is 2.43. The molecule has 1 fully saturated rings. The predicted molar refractivity (Wildman–Crippen MR) is 71.9 cm³/mol. The minimum absolute atomic E-state index is 0.0760. The molecule has 3 atom stereocenters. The van der Waals surface area contributed by atoms with E-state index in [2.05, 4.69) is 0 Å². The summed E-state index contributed by atoms with van der Waals surface area (Å²) in [6.07, 6.45) is -6.99. The normalized spacial score (nSPS) is 25.3. The summed E-state index contributed by atoms with van der Waals surface area (Å²) in [4.78, 5) is 24.7. The molecule has 0 spiro atoms. The highest BCUT2D eigenvalue weighted by Crippen LogP contribution is 2.32. The van der Waals surface area contributed by atoms with Gasteiger partial charge in [0.15, 0.2) is 0 Å². The molecule has 130 valence electrons. The summed E-state index contributed by atoms with van der Waals surface area (Å²) in [6.45, 7) is 3.11. The van der Waals surface area contributed by atoms with Crippen LogP contribution < -0.4 is 11.2 Å². The Morgan fingerprint density at radius 3 is 2.65 bits per heavy atom. The molecule has 1 unspecified atom stereocenters.